The fourth-order valence-electron chi connectivity index (χ4n) is 2.22. The number of nitrogens with one attached hydrogen (secondary N) is 2. The summed E-state index contributed by atoms with van der Waals surface area (Å²) in [5.74, 6) is 1.19. The van der Waals surface area contributed by atoms with Crippen LogP contribution in [0.1, 0.15) is 18.5 Å². The number of amides is 1. The van der Waals surface area contributed by atoms with Gasteiger partial charge < -0.3 is 10.6 Å². The van der Waals surface area contributed by atoms with Crippen LogP contribution in [0, 0.1) is 12.8 Å². The van der Waals surface area contributed by atoms with E-state index in [0.717, 1.165) is 12.1 Å². The third-order valence-corrected chi connectivity index (χ3v) is 4.09. The van der Waals surface area contributed by atoms with Crippen molar-refractivity contribution in [3.63, 3.8) is 0 Å². The predicted octanol–water partition coefficient (Wildman–Crippen LogP) is 1.66. The summed E-state index contributed by atoms with van der Waals surface area (Å²) >= 11 is 3.30. The minimum atomic E-state index is -0.0689. The van der Waals surface area contributed by atoms with Gasteiger partial charge in [0.2, 0.25) is 5.91 Å². The second-order valence-electron chi connectivity index (χ2n) is 4.68. The molecule has 5 nitrogen and oxygen atoms in total. The molecule has 18 heavy (non-hydrogen) atoms. The van der Waals surface area contributed by atoms with E-state index in [9.17, 15) is 4.79 Å². The molecule has 3 atom stereocenters. The number of hydrogen-bond donors (Lipinski definition) is 2. The minimum absolute atomic E-state index is 0. The monoisotopic (exact) mass is 332 g/mol. The summed E-state index contributed by atoms with van der Waals surface area (Å²) in [6.07, 6.45) is 3.74. The van der Waals surface area contributed by atoms with Crippen molar-refractivity contribution in [3.05, 3.63) is 16.5 Å². The van der Waals surface area contributed by atoms with Gasteiger partial charge in [-0.25, -0.2) is 4.98 Å². The van der Waals surface area contributed by atoms with Crippen LogP contribution in [0.2, 0.25) is 0 Å². The SMILES string of the molecule is Cc1ncc(NC(=O)C2CC3CC3N2)nc1Br.Cl. The molecule has 0 spiro atoms. The summed E-state index contributed by atoms with van der Waals surface area (Å²) in [4.78, 5) is 20.3. The number of fused-ring (bicyclic) bond motifs is 1. The van der Waals surface area contributed by atoms with Gasteiger partial charge in [0.15, 0.2) is 5.82 Å². The van der Waals surface area contributed by atoms with Crippen molar-refractivity contribution in [3.8, 4) is 0 Å². The highest BCUT2D eigenvalue weighted by atomic mass is 79.9. The molecule has 2 fully saturated rings. The molecule has 1 saturated heterocycles. The number of carbonyl (C=O) groups is 1. The van der Waals surface area contributed by atoms with Crippen molar-refractivity contribution in [1.82, 2.24) is 15.3 Å². The molecule has 2 N–H and O–H groups in total. The average molecular weight is 334 g/mol. The van der Waals surface area contributed by atoms with Crippen LogP contribution >= 0.6 is 28.3 Å². The molecule has 98 valence electrons. The van der Waals surface area contributed by atoms with Gasteiger partial charge in [0.05, 0.1) is 17.9 Å². The third kappa shape index (κ3) is 2.65. The van der Waals surface area contributed by atoms with Crippen molar-refractivity contribution >= 4 is 40.1 Å². The lowest BCUT2D eigenvalue weighted by Crippen LogP contribution is -2.38. The molecule has 1 aromatic heterocycles. The summed E-state index contributed by atoms with van der Waals surface area (Å²) in [5.41, 5.74) is 0.809. The van der Waals surface area contributed by atoms with Gasteiger partial charge in [-0.3, -0.25) is 9.78 Å². The number of anilines is 1. The number of hydrogen-bond acceptors (Lipinski definition) is 4. The first-order chi connectivity index (χ1) is 8.13. The first-order valence-electron chi connectivity index (χ1n) is 5.69. The summed E-state index contributed by atoms with van der Waals surface area (Å²) in [6.45, 7) is 1.86. The maximum atomic E-state index is 11.9. The standard InChI is InChI=1S/C11H13BrN4O.ClH/c1-5-10(12)15-9(4-13-5)16-11(17)8-3-6-2-7(6)14-8;/h4,6-8,14H,2-3H2,1H3,(H,15,16,17);1H. The quantitative estimate of drug-likeness (QED) is 0.864. The van der Waals surface area contributed by atoms with E-state index < -0.39 is 0 Å². The van der Waals surface area contributed by atoms with Crippen molar-refractivity contribution in [2.24, 2.45) is 5.92 Å². The smallest absolute Gasteiger partial charge is 0.242 e. The van der Waals surface area contributed by atoms with E-state index in [2.05, 4.69) is 36.5 Å². The van der Waals surface area contributed by atoms with Crippen molar-refractivity contribution < 1.29 is 4.79 Å². The minimum Gasteiger partial charge on any atom is -0.308 e. The Bertz CT molecular complexity index is 474. The number of aryl methyl sites for hydroxylation is 1. The average Bonchev–Trinajstić information content (AvgIpc) is 2.91. The first-order valence-corrected chi connectivity index (χ1v) is 6.49. The molecule has 0 aromatic carbocycles. The molecule has 0 bridgehead atoms. The Morgan fingerprint density at radius 3 is 2.94 bits per heavy atom. The van der Waals surface area contributed by atoms with Gasteiger partial charge in [-0.2, -0.15) is 0 Å². The van der Waals surface area contributed by atoms with Gasteiger partial charge in [-0.05, 0) is 41.6 Å². The molecule has 3 unspecified atom stereocenters. The predicted molar refractivity (Wildman–Crippen MR) is 73.8 cm³/mol. The fraction of sp³-hybridized carbons (Fsp3) is 0.545. The zero-order chi connectivity index (χ0) is 12.0. The van der Waals surface area contributed by atoms with E-state index in [4.69, 9.17) is 0 Å². The Morgan fingerprint density at radius 1 is 1.56 bits per heavy atom. The lowest BCUT2D eigenvalue weighted by molar-refractivity contribution is -0.118. The molecule has 1 aliphatic carbocycles. The number of rotatable bonds is 2. The van der Waals surface area contributed by atoms with Crippen LogP contribution < -0.4 is 10.6 Å². The highest BCUT2D eigenvalue weighted by Gasteiger charge is 2.47. The summed E-state index contributed by atoms with van der Waals surface area (Å²) in [7, 11) is 0. The summed E-state index contributed by atoms with van der Waals surface area (Å²) < 4.78 is 0.664. The Hall–Kier alpha value is -0.720. The van der Waals surface area contributed by atoms with Gasteiger partial charge in [0.25, 0.3) is 0 Å². The zero-order valence-corrected chi connectivity index (χ0v) is 12.2. The van der Waals surface area contributed by atoms with Crippen LogP contribution in [-0.4, -0.2) is 28.0 Å². The second-order valence-corrected chi connectivity index (χ2v) is 5.43. The molecule has 2 aliphatic rings. The van der Waals surface area contributed by atoms with E-state index in [1.54, 1.807) is 6.20 Å². The van der Waals surface area contributed by atoms with E-state index in [0.29, 0.717) is 22.4 Å². The summed E-state index contributed by atoms with van der Waals surface area (Å²) in [5, 5.41) is 6.09. The van der Waals surface area contributed by atoms with Crippen molar-refractivity contribution in [2.45, 2.75) is 31.8 Å². The van der Waals surface area contributed by atoms with Crippen LogP contribution in [0.25, 0.3) is 0 Å². The Kier molecular flexibility index (Phi) is 3.89. The largest absolute Gasteiger partial charge is 0.308 e. The molecule has 1 aliphatic heterocycles. The zero-order valence-electron chi connectivity index (χ0n) is 9.81. The molecule has 1 amide bonds. The van der Waals surface area contributed by atoms with E-state index >= 15 is 0 Å². The Labute approximate surface area is 120 Å². The molecule has 3 rings (SSSR count). The summed E-state index contributed by atoms with van der Waals surface area (Å²) in [6, 6.07) is 0.502. The molecular formula is C11H14BrClN4O. The lowest BCUT2D eigenvalue weighted by Gasteiger charge is -2.12. The Balaban J connectivity index is 0.00000120. The number of carbonyl (C=O) groups excluding carboxylic acids is 1. The molecule has 2 heterocycles. The van der Waals surface area contributed by atoms with E-state index in [1.165, 1.54) is 6.42 Å². The van der Waals surface area contributed by atoms with Crippen LogP contribution in [-0.2, 0) is 4.79 Å². The maximum Gasteiger partial charge on any atom is 0.242 e. The second kappa shape index (κ2) is 5.11. The molecule has 1 saturated carbocycles. The number of aromatic nitrogens is 2. The highest BCUT2D eigenvalue weighted by Crippen LogP contribution is 2.40. The topological polar surface area (TPSA) is 66.9 Å². The number of nitrogens with zero attached hydrogens (tertiary/aromatic N) is 2. The van der Waals surface area contributed by atoms with Crippen molar-refractivity contribution in [2.75, 3.05) is 5.32 Å². The van der Waals surface area contributed by atoms with E-state index in [1.807, 2.05) is 6.92 Å². The first kappa shape index (κ1) is 13.7. The van der Waals surface area contributed by atoms with Crippen LogP contribution in [0.15, 0.2) is 10.8 Å². The molecule has 7 heteroatoms. The lowest BCUT2D eigenvalue weighted by atomic mass is 10.2. The van der Waals surface area contributed by atoms with Crippen LogP contribution in [0.3, 0.4) is 0 Å². The van der Waals surface area contributed by atoms with Crippen LogP contribution in [0.4, 0.5) is 5.82 Å². The molecular weight excluding hydrogens is 320 g/mol. The number of halogens is 2. The third-order valence-electron chi connectivity index (χ3n) is 3.34. The van der Waals surface area contributed by atoms with Gasteiger partial charge in [0.1, 0.15) is 4.60 Å². The maximum absolute atomic E-state index is 11.9. The fourth-order valence-corrected chi connectivity index (χ4v) is 2.52. The van der Waals surface area contributed by atoms with Crippen molar-refractivity contribution in [1.29, 1.82) is 0 Å². The van der Waals surface area contributed by atoms with Gasteiger partial charge in [-0.1, -0.05) is 0 Å². The highest BCUT2D eigenvalue weighted by molar-refractivity contribution is 9.10. The van der Waals surface area contributed by atoms with Gasteiger partial charge in [-0.15, -0.1) is 12.4 Å². The number of piperidine rings is 1. The van der Waals surface area contributed by atoms with Gasteiger partial charge >= 0.3 is 0 Å². The molecule has 0 radical (unpaired) electrons. The molecule has 1 aromatic rings. The van der Waals surface area contributed by atoms with E-state index in [-0.39, 0.29) is 24.4 Å². The Morgan fingerprint density at radius 2 is 2.33 bits per heavy atom. The normalized spacial score (nSPS) is 28.2. The van der Waals surface area contributed by atoms with Gasteiger partial charge in [0, 0.05) is 6.04 Å². The van der Waals surface area contributed by atoms with Crippen LogP contribution in [0.5, 0.6) is 0 Å².